The first-order valence-corrected chi connectivity index (χ1v) is 5.71. The molecular formula is C11H12N2OS. The summed E-state index contributed by atoms with van der Waals surface area (Å²) in [6.45, 7) is 0. The van der Waals surface area contributed by atoms with Gasteiger partial charge in [-0.3, -0.25) is 0 Å². The van der Waals surface area contributed by atoms with Gasteiger partial charge in [0.25, 0.3) is 0 Å². The van der Waals surface area contributed by atoms with Crippen molar-refractivity contribution in [2.24, 2.45) is 0 Å². The second-order valence-electron chi connectivity index (χ2n) is 3.24. The van der Waals surface area contributed by atoms with E-state index in [4.69, 9.17) is 0 Å². The van der Waals surface area contributed by atoms with Crippen molar-refractivity contribution >= 4 is 11.3 Å². The van der Waals surface area contributed by atoms with Gasteiger partial charge in [-0.1, -0.05) is 6.07 Å². The number of thiophene rings is 1. The normalized spacial score (nSPS) is 12.6. The highest BCUT2D eigenvalue weighted by atomic mass is 32.1. The van der Waals surface area contributed by atoms with E-state index in [9.17, 15) is 5.11 Å². The van der Waals surface area contributed by atoms with E-state index in [0.717, 1.165) is 6.42 Å². The lowest BCUT2D eigenvalue weighted by Gasteiger charge is -2.07. The molecule has 0 saturated carbocycles. The van der Waals surface area contributed by atoms with E-state index in [2.05, 4.69) is 16.0 Å². The summed E-state index contributed by atoms with van der Waals surface area (Å²) in [5, 5.41) is 11.8. The Kier molecular flexibility index (Phi) is 3.42. The quantitative estimate of drug-likeness (QED) is 0.859. The van der Waals surface area contributed by atoms with E-state index in [1.807, 2.05) is 11.4 Å². The van der Waals surface area contributed by atoms with Crippen molar-refractivity contribution in [1.29, 1.82) is 0 Å². The lowest BCUT2D eigenvalue weighted by Crippen LogP contribution is -2.03. The highest BCUT2D eigenvalue weighted by Crippen LogP contribution is 2.17. The Labute approximate surface area is 92.5 Å². The number of hydrogen-bond donors (Lipinski definition) is 1. The molecule has 0 saturated heterocycles. The molecule has 0 aliphatic heterocycles. The van der Waals surface area contributed by atoms with Crippen molar-refractivity contribution in [2.45, 2.75) is 18.9 Å². The molecule has 15 heavy (non-hydrogen) atoms. The van der Waals surface area contributed by atoms with Crippen LogP contribution in [0.5, 0.6) is 0 Å². The SMILES string of the molecule is OC(CCc1cccs1)c1ncccn1. The predicted octanol–water partition coefficient (Wildman–Crippen LogP) is 2.20. The first-order chi connectivity index (χ1) is 7.36. The summed E-state index contributed by atoms with van der Waals surface area (Å²) in [6, 6.07) is 5.84. The summed E-state index contributed by atoms with van der Waals surface area (Å²) in [5.41, 5.74) is 0. The predicted molar refractivity (Wildman–Crippen MR) is 59.6 cm³/mol. The zero-order valence-corrected chi connectivity index (χ0v) is 9.02. The molecule has 1 atom stereocenters. The fourth-order valence-electron chi connectivity index (χ4n) is 1.35. The molecule has 2 heterocycles. The standard InChI is InChI=1S/C11H12N2OS/c14-10(11-12-6-2-7-13-11)5-4-9-3-1-8-15-9/h1-3,6-8,10,14H,4-5H2. The van der Waals surface area contributed by atoms with Gasteiger partial charge in [0.05, 0.1) is 0 Å². The Morgan fingerprint density at radius 2 is 2.07 bits per heavy atom. The van der Waals surface area contributed by atoms with Gasteiger partial charge in [-0.05, 0) is 30.4 Å². The molecule has 78 valence electrons. The van der Waals surface area contributed by atoms with Crippen molar-refractivity contribution in [1.82, 2.24) is 9.97 Å². The van der Waals surface area contributed by atoms with Crippen LogP contribution in [0.4, 0.5) is 0 Å². The molecular weight excluding hydrogens is 208 g/mol. The van der Waals surface area contributed by atoms with Gasteiger partial charge < -0.3 is 5.11 Å². The average Bonchev–Trinajstić information content (AvgIpc) is 2.80. The monoisotopic (exact) mass is 220 g/mol. The van der Waals surface area contributed by atoms with E-state index < -0.39 is 6.10 Å². The molecule has 4 heteroatoms. The molecule has 0 amide bonds. The zero-order valence-electron chi connectivity index (χ0n) is 8.21. The minimum atomic E-state index is -0.562. The molecule has 2 aromatic heterocycles. The molecule has 0 aliphatic rings. The molecule has 2 aromatic rings. The van der Waals surface area contributed by atoms with Crippen LogP contribution in [0.3, 0.4) is 0 Å². The minimum Gasteiger partial charge on any atom is -0.385 e. The smallest absolute Gasteiger partial charge is 0.156 e. The third-order valence-corrected chi connectivity index (χ3v) is 3.06. The van der Waals surface area contributed by atoms with Crippen molar-refractivity contribution < 1.29 is 5.11 Å². The highest BCUT2D eigenvalue weighted by molar-refractivity contribution is 7.09. The second kappa shape index (κ2) is 5.00. The van der Waals surface area contributed by atoms with Gasteiger partial charge in [0.2, 0.25) is 0 Å². The zero-order chi connectivity index (χ0) is 10.5. The maximum Gasteiger partial charge on any atom is 0.156 e. The summed E-state index contributed by atoms with van der Waals surface area (Å²) in [4.78, 5) is 9.32. The van der Waals surface area contributed by atoms with E-state index in [0.29, 0.717) is 12.2 Å². The fraction of sp³-hybridized carbons (Fsp3) is 0.273. The van der Waals surface area contributed by atoms with E-state index in [-0.39, 0.29) is 0 Å². The number of aliphatic hydroxyl groups excluding tert-OH is 1. The van der Waals surface area contributed by atoms with Crippen LogP contribution >= 0.6 is 11.3 Å². The van der Waals surface area contributed by atoms with Gasteiger partial charge in [0.1, 0.15) is 6.10 Å². The first-order valence-electron chi connectivity index (χ1n) is 4.83. The van der Waals surface area contributed by atoms with Gasteiger partial charge in [-0.2, -0.15) is 0 Å². The van der Waals surface area contributed by atoms with Gasteiger partial charge in [0, 0.05) is 17.3 Å². The maximum absolute atomic E-state index is 9.80. The van der Waals surface area contributed by atoms with Crippen molar-refractivity contribution in [3.63, 3.8) is 0 Å². The molecule has 0 aliphatic carbocycles. The van der Waals surface area contributed by atoms with Crippen LogP contribution in [0, 0.1) is 0 Å². The van der Waals surface area contributed by atoms with Crippen LogP contribution < -0.4 is 0 Å². The summed E-state index contributed by atoms with van der Waals surface area (Å²) >= 11 is 1.71. The van der Waals surface area contributed by atoms with Crippen molar-refractivity contribution in [3.8, 4) is 0 Å². The first kappa shape index (κ1) is 10.3. The van der Waals surface area contributed by atoms with Gasteiger partial charge >= 0.3 is 0 Å². The molecule has 0 aromatic carbocycles. The van der Waals surface area contributed by atoms with E-state index in [1.54, 1.807) is 29.8 Å². The number of aromatic nitrogens is 2. The topological polar surface area (TPSA) is 46.0 Å². The van der Waals surface area contributed by atoms with Gasteiger partial charge in [-0.15, -0.1) is 11.3 Å². The number of hydrogen-bond acceptors (Lipinski definition) is 4. The Morgan fingerprint density at radius 1 is 1.27 bits per heavy atom. The molecule has 0 bridgehead atoms. The summed E-state index contributed by atoms with van der Waals surface area (Å²) < 4.78 is 0. The van der Waals surface area contributed by atoms with Gasteiger partial charge in [0.15, 0.2) is 5.82 Å². The van der Waals surface area contributed by atoms with Crippen LogP contribution in [-0.2, 0) is 6.42 Å². The number of aliphatic hydroxyl groups is 1. The van der Waals surface area contributed by atoms with Crippen molar-refractivity contribution in [3.05, 3.63) is 46.7 Å². The molecule has 0 spiro atoms. The van der Waals surface area contributed by atoms with Crippen LogP contribution in [0.25, 0.3) is 0 Å². The Balaban J connectivity index is 1.90. The molecule has 0 radical (unpaired) electrons. The van der Waals surface area contributed by atoms with Crippen LogP contribution in [0.1, 0.15) is 23.2 Å². The number of rotatable bonds is 4. The molecule has 0 fully saturated rings. The average molecular weight is 220 g/mol. The van der Waals surface area contributed by atoms with E-state index >= 15 is 0 Å². The van der Waals surface area contributed by atoms with Crippen LogP contribution in [-0.4, -0.2) is 15.1 Å². The Morgan fingerprint density at radius 3 is 2.73 bits per heavy atom. The van der Waals surface area contributed by atoms with E-state index in [1.165, 1.54) is 4.88 Å². The lowest BCUT2D eigenvalue weighted by molar-refractivity contribution is 0.158. The number of aryl methyl sites for hydroxylation is 1. The highest BCUT2D eigenvalue weighted by Gasteiger charge is 2.09. The lowest BCUT2D eigenvalue weighted by atomic mass is 10.1. The molecule has 2 rings (SSSR count). The third kappa shape index (κ3) is 2.84. The molecule has 3 nitrogen and oxygen atoms in total. The Bertz CT molecular complexity index is 388. The summed E-state index contributed by atoms with van der Waals surface area (Å²) in [7, 11) is 0. The molecule has 1 N–H and O–H groups in total. The summed E-state index contributed by atoms with van der Waals surface area (Å²) in [5.74, 6) is 0.508. The van der Waals surface area contributed by atoms with Crippen LogP contribution in [0.15, 0.2) is 36.0 Å². The fourth-order valence-corrected chi connectivity index (χ4v) is 2.07. The third-order valence-electron chi connectivity index (χ3n) is 2.13. The molecule has 1 unspecified atom stereocenters. The second-order valence-corrected chi connectivity index (χ2v) is 4.27. The summed E-state index contributed by atoms with van der Waals surface area (Å²) in [6.07, 6.45) is 4.28. The van der Waals surface area contributed by atoms with Gasteiger partial charge in [-0.25, -0.2) is 9.97 Å². The van der Waals surface area contributed by atoms with Crippen molar-refractivity contribution in [2.75, 3.05) is 0 Å². The number of nitrogens with zero attached hydrogens (tertiary/aromatic N) is 2. The minimum absolute atomic E-state index is 0.508. The Hall–Kier alpha value is -1.26. The maximum atomic E-state index is 9.80. The largest absolute Gasteiger partial charge is 0.385 e. The van der Waals surface area contributed by atoms with Crippen LogP contribution in [0.2, 0.25) is 0 Å².